The van der Waals surface area contributed by atoms with Gasteiger partial charge in [-0.15, -0.1) is 0 Å². The highest BCUT2D eigenvalue weighted by molar-refractivity contribution is 6.28. The van der Waals surface area contributed by atoms with Crippen LogP contribution in [-0.2, 0) is 0 Å². The summed E-state index contributed by atoms with van der Waals surface area (Å²) in [7, 11) is 0. The molecule has 0 atom stereocenters. The van der Waals surface area contributed by atoms with Gasteiger partial charge in [-0.3, -0.25) is 10.9 Å². The van der Waals surface area contributed by atoms with Gasteiger partial charge < -0.3 is 0 Å². The lowest BCUT2D eigenvalue weighted by atomic mass is 10.1. The molecule has 4 rings (SSSR count). The van der Waals surface area contributed by atoms with Gasteiger partial charge >= 0.3 is 0 Å². The Labute approximate surface area is 146 Å². The van der Waals surface area contributed by atoms with Gasteiger partial charge in [-0.2, -0.15) is 10.2 Å². The zero-order valence-electron chi connectivity index (χ0n) is 13.7. The summed E-state index contributed by atoms with van der Waals surface area (Å²) in [6.07, 6.45) is 0.693. The number of benzene rings is 3. The molecular formula is C21H18N4. The van der Waals surface area contributed by atoms with E-state index in [0.29, 0.717) is 6.42 Å². The second-order valence-corrected chi connectivity index (χ2v) is 5.80. The molecule has 0 bridgehead atoms. The third kappa shape index (κ3) is 3.43. The average molecular weight is 326 g/mol. The average Bonchev–Trinajstić information content (AvgIpc) is 3.04. The van der Waals surface area contributed by atoms with Crippen molar-refractivity contribution in [2.45, 2.75) is 6.42 Å². The van der Waals surface area contributed by atoms with Crippen molar-refractivity contribution >= 4 is 22.8 Å². The Balaban J connectivity index is 1.59. The van der Waals surface area contributed by atoms with E-state index in [0.717, 1.165) is 33.9 Å². The van der Waals surface area contributed by atoms with Gasteiger partial charge in [-0.25, -0.2) is 0 Å². The standard InChI is InChI=1S/C21H18N4/c1-3-9-16(10-4-1)22-24-20-15-21(19-14-8-7-13-18(19)20)25-23-17-11-5-2-6-12-17/h1-14,22-23H,15H2/b24-20-,25-21+. The summed E-state index contributed by atoms with van der Waals surface area (Å²) in [6.45, 7) is 0. The van der Waals surface area contributed by atoms with Crippen LogP contribution in [0.4, 0.5) is 11.4 Å². The van der Waals surface area contributed by atoms with Crippen molar-refractivity contribution in [1.29, 1.82) is 0 Å². The highest BCUT2D eigenvalue weighted by Gasteiger charge is 2.23. The lowest BCUT2D eigenvalue weighted by molar-refractivity contribution is 1.29. The Kier molecular flexibility index (Phi) is 4.25. The van der Waals surface area contributed by atoms with E-state index >= 15 is 0 Å². The van der Waals surface area contributed by atoms with E-state index in [1.807, 2.05) is 72.8 Å². The molecule has 0 radical (unpaired) electrons. The van der Waals surface area contributed by atoms with E-state index in [-0.39, 0.29) is 0 Å². The molecule has 3 aromatic rings. The van der Waals surface area contributed by atoms with Crippen LogP contribution in [0.5, 0.6) is 0 Å². The monoisotopic (exact) mass is 326 g/mol. The zero-order chi connectivity index (χ0) is 16.9. The largest absolute Gasteiger partial charge is 0.278 e. The second-order valence-electron chi connectivity index (χ2n) is 5.80. The molecule has 2 N–H and O–H groups in total. The fourth-order valence-corrected chi connectivity index (χ4v) is 2.82. The third-order valence-electron chi connectivity index (χ3n) is 4.07. The van der Waals surface area contributed by atoms with Crippen LogP contribution < -0.4 is 10.9 Å². The molecule has 0 saturated carbocycles. The highest BCUT2D eigenvalue weighted by atomic mass is 15.3. The molecule has 4 nitrogen and oxygen atoms in total. The maximum Gasteiger partial charge on any atom is 0.0746 e. The van der Waals surface area contributed by atoms with Gasteiger partial charge in [-0.05, 0) is 24.3 Å². The van der Waals surface area contributed by atoms with Crippen molar-refractivity contribution in [2.75, 3.05) is 10.9 Å². The Morgan fingerprint density at radius 1 is 0.520 bits per heavy atom. The fraction of sp³-hybridized carbons (Fsp3) is 0.0476. The number of hydrogen-bond acceptors (Lipinski definition) is 4. The van der Waals surface area contributed by atoms with E-state index in [2.05, 4.69) is 33.2 Å². The minimum atomic E-state index is 0.693. The summed E-state index contributed by atoms with van der Waals surface area (Å²) in [5, 5.41) is 9.20. The van der Waals surface area contributed by atoms with Crippen molar-refractivity contribution in [3.8, 4) is 0 Å². The first-order chi connectivity index (χ1) is 12.4. The molecule has 0 fully saturated rings. The minimum absolute atomic E-state index is 0.693. The SMILES string of the molecule is c1ccc(N/N=C2/C/C(=N\Nc3ccccc3)c3ccccc32)cc1. The van der Waals surface area contributed by atoms with E-state index < -0.39 is 0 Å². The molecular weight excluding hydrogens is 308 g/mol. The molecule has 4 heteroatoms. The van der Waals surface area contributed by atoms with Crippen molar-refractivity contribution in [1.82, 2.24) is 0 Å². The van der Waals surface area contributed by atoms with Gasteiger partial charge in [0.1, 0.15) is 0 Å². The molecule has 1 aliphatic rings. The van der Waals surface area contributed by atoms with Gasteiger partial charge in [-0.1, -0.05) is 60.7 Å². The first-order valence-electron chi connectivity index (χ1n) is 8.25. The van der Waals surface area contributed by atoms with Gasteiger partial charge in [0.05, 0.1) is 22.8 Å². The smallest absolute Gasteiger partial charge is 0.0746 e. The van der Waals surface area contributed by atoms with Gasteiger partial charge in [0, 0.05) is 17.5 Å². The Morgan fingerprint density at radius 2 is 0.920 bits per heavy atom. The van der Waals surface area contributed by atoms with E-state index in [1.54, 1.807) is 0 Å². The van der Waals surface area contributed by atoms with Crippen LogP contribution in [0.2, 0.25) is 0 Å². The van der Waals surface area contributed by atoms with Crippen molar-refractivity contribution < 1.29 is 0 Å². The molecule has 0 spiro atoms. The van der Waals surface area contributed by atoms with Crippen molar-refractivity contribution in [3.05, 3.63) is 96.1 Å². The Bertz CT molecular complexity index is 838. The van der Waals surface area contributed by atoms with E-state index in [1.165, 1.54) is 0 Å². The zero-order valence-corrected chi connectivity index (χ0v) is 13.7. The fourth-order valence-electron chi connectivity index (χ4n) is 2.82. The first-order valence-corrected chi connectivity index (χ1v) is 8.25. The topological polar surface area (TPSA) is 48.8 Å². The summed E-state index contributed by atoms with van der Waals surface area (Å²) in [4.78, 5) is 0. The van der Waals surface area contributed by atoms with Crippen LogP contribution in [0.3, 0.4) is 0 Å². The quantitative estimate of drug-likeness (QED) is 0.681. The summed E-state index contributed by atoms with van der Waals surface area (Å²) in [5.41, 5.74) is 12.5. The van der Waals surface area contributed by atoms with Crippen LogP contribution in [0.25, 0.3) is 0 Å². The molecule has 0 unspecified atom stereocenters. The minimum Gasteiger partial charge on any atom is -0.278 e. The number of nitrogens with one attached hydrogen (secondary N) is 2. The number of nitrogens with zero attached hydrogens (tertiary/aromatic N) is 2. The van der Waals surface area contributed by atoms with Crippen LogP contribution in [-0.4, -0.2) is 11.4 Å². The summed E-state index contributed by atoms with van der Waals surface area (Å²) in [5.74, 6) is 0. The van der Waals surface area contributed by atoms with Crippen LogP contribution in [0.1, 0.15) is 17.5 Å². The van der Waals surface area contributed by atoms with Crippen LogP contribution >= 0.6 is 0 Å². The maximum absolute atomic E-state index is 4.60. The van der Waals surface area contributed by atoms with E-state index in [9.17, 15) is 0 Å². The maximum atomic E-state index is 4.60. The third-order valence-corrected chi connectivity index (χ3v) is 4.07. The molecule has 122 valence electrons. The number of rotatable bonds is 4. The molecule has 25 heavy (non-hydrogen) atoms. The number of para-hydroxylation sites is 2. The Hall–Kier alpha value is -3.40. The van der Waals surface area contributed by atoms with Crippen LogP contribution in [0.15, 0.2) is 95.1 Å². The predicted octanol–water partition coefficient (Wildman–Crippen LogP) is 4.72. The van der Waals surface area contributed by atoms with Gasteiger partial charge in [0.15, 0.2) is 0 Å². The normalized spacial score (nSPS) is 16.0. The highest BCUT2D eigenvalue weighted by Crippen LogP contribution is 2.24. The molecule has 0 aliphatic heterocycles. The first kappa shape index (κ1) is 15.1. The second kappa shape index (κ2) is 7.01. The molecule has 0 aromatic heterocycles. The van der Waals surface area contributed by atoms with E-state index in [4.69, 9.17) is 0 Å². The lowest BCUT2D eigenvalue weighted by Gasteiger charge is -2.02. The van der Waals surface area contributed by atoms with Crippen LogP contribution in [0, 0.1) is 0 Å². The molecule has 1 aliphatic carbocycles. The van der Waals surface area contributed by atoms with Gasteiger partial charge in [0.2, 0.25) is 0 Å². The molecule has 0 amide bonds. The summed E-state index contributed by atoms with van der Waals surface area (Å²) < 4.78 is 0. The number of fused-ring (bicyclic) bond motifs is 1. The lowest BCUT2D eigenvalue weighted by Crippen LogP contribution is -2.02. The summed E-state index contributed by atoms with van der Waals surface area (Å²) >= 11 is 0. The van der Waals surface area contributed by atoms with Crippen molar-refractivity contribution in [3.63, 3.8) is 0 Å². The molecule has 3 aromatic carbocycles. The Morgan fingerprint density at radius 3 is 1.36 bits per heavy atom. The number of hydrazone groups is 2. The van der Waals surface area contributed by atoms with Gasteiger partial charge in [0.25, 0.3) is 0 Å². The number of hydrogen-bond donors (Lipinski definition) is 2. The molecule has 0 heterocycles. The summed E-state index contributed by atoms with van der Waals surface area (Å²) in [6, 6.07) is 28.2. The predicted molar refractivity (Wildman–Crippen MR) is 104 cm³/mol. The van der Waals surface area contributed by atoms with Crippen molar-refractivity contribution in [2.24, 2.45) is 10.2 Å². The number of anilines is 2. The molecule has 0 saturated heterocycles.